The van der Waals surface area contributed by atoms with E-state index < -0.39 is 5.60 Å². The quantitative estimate of drug-likeness (QED) is 0.671. The van der Waals surface area contributed by atoms with Crippen LogP contribution >= 0.6 is 0 Å². The molecule has 2 atom stereocenters. The molecule has 0 fully saturated rings. The molecule has 1 aromatic rings. The maximum absolute atomic E-state index is 10.1. The third-order valence-electron chi connectivity index (χ3n) is 2.43. The first-order chi connectivity index (χ1) is 5.98. The zero-order valence-electron chi connectivity index (χ0n) is 8.23. The zero-order valence-corrected chi connectivity index (χ0v) is 8.23. The lowest BCUT2D eigenvalue weighted by atomic mass is 9.88. The minimum absolute atomic E-state index is 0.0378. The van der Waals surface area contributed by atoms with Crippen molar-refractivity contribution in [2.24, 2.45) is 18.7 Å². The molecule has 3 N–H and O–H groups in total. The number of hydrogen-bond donors (Lipinski definition) is 2. The Morgan fingerprint density at radius 2 is 2.38 bits per heavy atom. The molecule has 1 rings (SSSR count). The van der Waals surface area contributed by atoms with E-state index in [9.17, 15) is 5.11 Å². The Bertz CT molecular complexity index is 281. The van der Waals surface area contributed by atoms with Gasteiger partial charge in [0, 0.05) is 13.0 Å². The molecule has 0 aliphatic heterocycles. The SMILES string of the molecule is CC(CN)C(C)(O)c1cn(C)nn1. The van der Waals surface area contributed by atoms with E-state index in [2.05, 4.69) is 10.3 Å². The maximum Gasteiger partial charge on any atom is 0.114 e. The fourth-order valence-electron chi connectivity index (χ4n) is 1.06. The fourth-order valence-corrected chi connectivity index (χ4v) is 1.06. The van der Waals surface area contributed by atoms with E-state index >= 15 is 0 Å². The van der Waals surface area contributed by atoms with Crippen LogP contribution in [0.15, 0.2) is 6.20 Å². The number of hydrogen-bond acceptors (Lipinski definition) is 4. The molecule has 5 heteroatoms. The van der Waals surface area contributed by atoms with Crippen molar-refractivity contribution < 1.29 is 5.11 Å². The van der Waals surface area contributed by atoms with Crippen LogP contribution in [0.5, 0.6) is 0 Å². The predicted octanol–water partition coefficient (Wildman–Crippen LogP) is -0.383. The van der Waals surface area contributed by atoms with E-state index in [0.29, 0.717) is 12.2 Å². The number of nitrogens with two attached hydrogens (primary N) is 1. The van der Waals surface area contributed by atoms with Crippen LogP contribution in [0.1, 0.15) is 19.5 Å². The molecule has 5 nitrogen and oxygen atoms in total. The second-order valence-electron chi connectivity index (χ2n) is 3.56. The first kappa shape index (κ1) is 10.1. The van der Waals surface area contributed by atoms with Crippen LogP contribution in [-0.2, 0) is 12.6 Å². The van der Waals surface area contributed by atoms with E-state index in [1.165, 1.54) is 0 Å². The summed E-state index contributed by atoms with van der Waals surface area (Å²) in [6, 6.07) is 0. The van der Waals surface area contributed by atoms with Gasteiger partial charge in [0.25, 0.3) is 0 Å². The zero-order chi connectivity index (χ0) is 10.1. The van der Waals surface area contributed by atoms with E-state index in [1.807, 2.05) is 6.92 Å². The Balaban J connectivity index is 2.92. The van der Waals surface area contributed by atoms with Gasteiger partial charge in [-0.15, -0.1) is 5.10 Å². The molecule has 1 heterocycles. The van der Waals surface area contributed by atoms with E-state index in [0.717, 1.165) is 0 Å². The van der Waals surface area contributed by atoms with Crippen molar-refractivity contribution in [1.82, 2.24) is 15.0 Å². The summed E-state index contributed by atoms with van der Waals surface area (Å²) in [6.07, 6.45) is 1.70. The maximum atomic E-state index is 10.1. The Hall–Kier alpha value is -0.940. The second-order valence-corrected chi connectivity index (χ2v) is 3.56. The summed E-state index contributed by atoms with van der Waals surface area (Å²) in [5, 5.41) is 17.7. The van der Waals surface area contributed by atoms with Crippen LogP contribution in [0.2, 0.25) is 0 Å². The van der Waals surface area contributed by atoms with Crippen molar-refractivity contribution in [1.29, 1.82) is 0 Å². The van der Waals surface area contributed by atoms with Gasteiger partial charge >= 0.3 is 0 Å². The van der Waals surface area contributed by atoms with E-state index in [-0.39, 0.29) is 5.92 Å². The molecule has 0 saturated heterocycles. The van der Waals surface area contributed by atoms with Crippen LogP contribution in [-0.4, -0.2) is 26.6 Å². The van der Waals surface area contributed by atoms with Crippen LogP contribution in [0.25, 0.3) is 0 Å². The highest BCUT2D eigenvalue weighted by atomic mass is 16.3. The van der Waals surface area contributed by atoms with Crippen LogP contribution in [0.3, 0.4) is 0 Å². The van der Waals surface area contributed by atoms with Crippen molar-refractivity contribution in [3.05, 3.63) is 11.9 Å². The lowest BCUT2D eigenvalue weighted by molar-refractivity contribution is 0.000969. The monoisotopic (exact) mass is 184 g/mol. The number of aryl methyl sites for hydroxylation is 1. The molecule has 0 saturated carbocycles. The van der Waals surface area contributed by atoms with Crippen molar-refractivity contribution in [2.75, 3.05) is 6.54 Å². The summed E-state index contributed by atoms with van der Waals surface area (Å²) in [4.78, 5) is 0. The molecule has 13 heavy (non-hydrogen) atoms. The van der Waals surface area contributed by atoms with E-state index in [1.54, 1.807) is 24.9 Å². The highest BCUT2D eigenvalue weighted by molar-refractivity contribution is 5.06. The Morgan fingerprint density at radius 3 is 2.77 bits per heavy atom. The van der Waals surface area contributed by atoms with Crippen molar-refractivity contribution in [3.8, 4) is 0 Å². The van der Waals surface area contributed by atoms with Crippen LogP contribution in [0.4, 0.5) is 0 Å². The first-order valence-electron chi connectivity index (χ1n) is 4.27. The summed E-state index contributed by atoms with van der Waals surface area (Å²) in [7, 11) is 1.76. The Kier molecular flexibility index (Phi) is 2.68. The third-order valence-corrected chi connectivity index (χ3v) is 2.43. The van der Waals surface area contributed by atoms with Gasteiger partial charge in [-0.25, -0.2) is 0 Å². The molecular formula is C8H16N4O. The molecular weight excluding hydrogens is 168 g/mol. The Labute approximate surface area is 77.6 Å². The molecule has 0 radical (unpaired) electrons. The van der Waals surface area contributed by atoms with Crippen molar-refractivity contribution in [2.45, 2.75) is 19.4 Å². The van der Waals surface area contributed by atoms with E-state index in [4.69, 9.17) is 5.73 Å². The van der Waals surface area contributed by atoms with Gasteiger partial charge in [-0.3, -0.25) is 4.68 Å². The van der Waals surface area contributed by atoms with Crippen LogP contribution < -0.4 is 5.73 Å². The lowest BCUT2D eigenvalue weighted by Gasteiger charge is -2.26. The van der Waals surface area contributed by atoms with Crippen LogP contribution in [0, 0.1) is 5.92 Å². The molecule has 1 aromatic heterocycles. The fraction of sp³-hybridized carbons (Fsp3) is 0.750. The molecule has 2 unspecified atom stereocenters. The highest BCUT2D eigenvalue weighted by Crippen LogP contribution is 2.26. The summed E-state index contributed by atoms with van der Waals surface area (Å²) in [6.45, 7) is 4.01. The second kappa shape index (κ2) is 3.43. The molecule has 0 aromatic carbocycles. The van der Waals surface area contributed by atoms with Gasteiger partial charge in [0.1, 0.15) is 11.3 Å². The van der Waals surface area contributed by atoms with Gasteiger partial charge in [0.15, 0.2) is 0 Å². The minimum Gasteiger partial charge on any atom is -0.383 e. The molecule has 0 aliphatic rings. The average molecular weight is 184 g/mol. The number of aromatic nitrogens is 3. The lowest BCUT2D eigenvalue weighted by Crippen LogP contribution is -2.35. The van der Waals surface area contributed by atoms with Gasteiger partial charge in [-0.1, -0.05) is 12.1 Å². The van der Waals surface area contributed by atoms with Crippen molar-refractivity contribution in [3.63, 3.8) is 0 Å². The Morgan fingerprint density at radius 1 is 1.77 bits per heavy atom. The van der Waals surface area contributed by atoms with Crippen molar-refractivity contribution >= 4 is 0 Å². The summed E-state index contributed by atoms with van der Waals surface area (Å²) in [5.74, 6) is -0.0378. The molecule has 0 spiro atoms. The average Bonchev–Trinajstić information content (AvgIpc) is 2.50. The standard InChI is InChI=1S/C8H16N4O/c1-6(4-9)8(2,13)7-5-12(3)11-10-7/h5-6,13H,4,9H2,1-3H3. The van der Waals surface area contributed by atoms with Gasteiger partial charge in [0.05, 0.1) is 6.20 Å². The molecule has 74 valence electrons. The molecule has 0 bridgehead atoms. The largest absolute Gasteiger partial charge is 0.383 e. The first-order valence-corrected chi connectivity index (χ1v) is 4.27. The predicted molar refractivity (Wildman–Crippen MR) is 48.8 cm³/mol. The molecule has 0 aliphatic carbocycles. The van der Waals surface area contributed by atoms with Gasteiger partial charge in [0.2, 0.25) is 0 Å². The number of aliphatic hydroxyl groups is 1. The molecule has 0 amide bonds. The highest BCUT2D eigenvalue weighted by Gasteiger charge is 2.32. The van der Waals surface area contributed by atoms with Gasteiger partial charge < -0.3 is 10.8 Å². The summed E-state index contributed by atoms with van der Waals surface area (Å²) in [5.41, 5.74) is 5.05. The van der Waals surface area contributed by atoms with Gasteiger partial charge in [-0.05, 0) is 13.5 Å². The normalized spacial score (nSPS) is 18.2. The smallest absolute Gasteiger partial charge is 0.114 e. The number of nitrogens with zero attached hydrogens (tertiary/aromatic N) is 3. The summed E-state index contributed by atoms with van der Waals surface area (Å²) < 4.78 is 1.56. The third kappa shape index (κ3) is 1.87. The summed E-state index contributed by atoms with van der Waals surface area (Å²) >= 11 is 0. The topological polar surface area (TPSA) is 77.0 Å². The number of rotatable bonds is 3. The van der Waals surface area contributed by atoms with Gasteiger partial charge in [-0.2, -0.15) is 0 Å². The minimum atomic E-state index is -0.997.